The third-order valence-electron chi connectivity index (χ3n) is 2.72. The van der Waals surface area contributed by atoms with Crippen LogP contribution >= 0.6 is 0 Å². The molecule has 0 fully saturated rings. The lowest BCUT2D eigenvalue weighted by Gasteiger charge is -2.16. The predicted octanol–water partition coefficient (Wildman–Crippen LogP) is 3.23. The van der Waals surface area contributed by atoms with Crippen LogP contribution in [0.5, 0.6) is 0 Å². The lowest BCUT2D eigenvalue weighted by atomic mass is 10.1. The molecule has 0 bridgehead atoms. The maximum Gasteiger partial charge on any atom is 0.0577 e. The second kappa shape index (κ2) is 6.26. The van der Waals surface area contributed by atoms with Crippen molar-refractivity contribution in [3.63, 3.8) is 0 Å². The number of nitrogen functional groups attached to an aromatic ring is 2. The van der Waals surface area contributed by atoms with Crippen molar-refractivity contribution in [2.24, 2.45) is 0 Å². The smallest absolute Gasteiger partial charge is 0.0577 e. The Morgan fingerprint density at radius 3 is 2.62 bits per heavy atom. The molecule has 0 aliphatic carbocycles. The molecule has 1 aromatic rings. The zero-order valence-corrected chi connectivity index (χ0v) is 10.3. The summed E-state index contributed by atoms with van der Waals surface area (Å²) in [6.45, 7) is 4.40. The van der Waals surface area contributed by atoms with Crippen LogP contribution in [0, 0.1) is 0 Å². The van der Waals surface area contributed by atoms with Crippen LogP contribution in [0.25, 0.3) is 0 Å². The molecule has 3 heteroatoms. The van der Waals surface area contributed by atoms with Crippen LogP contribution in [-0.2, 0) is 0 Å². The number of nitrogens with two attached hydrogens (primary N) is 2. The normalized spacial score (nSPS) is 12.4. The van der Waals surface area contributed by atoms with E-state index in [4.69, 9.17) is 11.5 Å². The summed E-state index contributed by atoms with van der Waals surface area (Å²) in [5, 5.41) is 3.42. The van der Waals surface area contributed by atoms with Gasteiger partial charge in [0.2, 0.25) is 0 Å². The maximum absolute atomic E-state index is 5.88. The molecule has 1 aromatic carbocycles. The van der Waals surface area contributed by atoms with Gasteiger partial charge in [0.05, 0.1) is 11.4 Å². The molecule has 0 saturated carbocycles. The largest absolute Gasteiger partial charge is 0.399 e. The van der Waals surface area contributed by atoms with Crippen LogP contribution < -0.4 is 16.8 Å². The van der Waals surface area contributed by atoms with Crippen molar-refractivity contribution in [2.45, 2.75) is 45.6 Å². The van der Waals surface area contributed by atoms with Crippen molar-refractivity contribution in [3.05, 3.63) is 18.2 Å². The van der Waals surface area contributed by atoms with Gasteiger partial charge in [-0.2, -0.15) is 0 Å². The molecule has 1 atom stereocenters. The Bertz CT molecular complexity index is 323. The first-order valence-electron chi connectivity index (χ1n) is 6.05. The monoisotopic (exact) mass is 221 g/mol. The van der Waals surface area contributed by atoms with Crippen molar-refractivity contribution in [3.8, 4) is 0 Å². The fourth-order valence-electron chi connectivity index (χ4n) is 1.75. The highest BCUT2D eigenvalue weighted by molar-refractivity contribution is 5.70. The number of nitrogens with one attached hydrogen (secondary N) is 1. The zero-order valence-electron chi connectivity index (χ0n) is 10.3. The minimum absolute atomic E-state index is 0.456. The van der Waals surface area contributed by atoms with E-state index in [0.29, 0.717) is 11.7 Å². The highest BCUT2D eigenvalue weighted by atomic mass is 14.9. The molecule has 1 rings (SSSR count). The zero-order chi connectivity index (χ0) is 12.0. The van der Waals surface area contributed by atoms with Gasteiger partial charge in [0.15, 0.2) is 0 Å². The van der Waals surface area contributed by atoms with Crippen LogP contribution in [0.15, 0.2) is 18.2 Å². The van der Waals surface area contributed by atoms with Gasteiger partial charge in [-0.05, 0) is 31.5 Å². The molecule has 0 heterocycles. The minimum Gasteiger partial charge on any atom is -0.399 e. The fraction of sp³-hybridized carbons (Fsp3) is 0.538. The molecule has 16 heavy (non-hydrogen) atoms. The molecule has 90 valence electrons. The number of unbranched alkanes of at least 4 members (excludes halogenated alkanes) is 2. The Hall–Kier alpha value is -1.38. The summed E-state index contributed by atoms with van der Waals surface area (Å²) in [4.78, 5) is 0. The molecule has 5 N–H and O–H groups in total. The lowest BCUT2D eigenvalue weighted by molar-refractivity contribution is 0.615. The second-order valence-corrected chi connectivity index (χ2v) is 4.39. The van der Waals surface area contributed by atoms with Crippen LogP contribution in [0.2, 0.25) is 0 Å². The molecule has 0 radical (unpaired) electrons. The predicted molar refractivity (Wildman–Crippen MR) is 72.5 cm³/mol. The van der Waals surface area contributed by atoms with Gasteiger partial charge >= 0.3 is 0 Å². The van der Waals surface area contributed by atoms with E-state index >= 15 is 0 Å². The molecule has 0 saturated heterocycles. The first kappa shape index (κ1) is 12.7. The van der Waals surface area contributed by atoms with E-state index in [0.717, 1.165) is 11.4 Å². The van der Waals surface area contributed by atoms with E-state index in [1.807, 2.05) is 12.1 Å². The van der Waals surface area contributed by atoms with E-state index in [2.05, 4.69) is 19.2 Å². The Balaban J connectivity index is 2.46. The quantitative estimate of drug-likeness (QED) is 0.510. The topological polar surface area (TPSA) is 64.1 Å². The Morgan fingerprint density at radius 2 is 2.00 bits per heavy atom. The van der Waals surface area contributed by atoms with E-state index in [1.54, 1.807) is 6.07 Å². The van der Waals surface area contributed by atoms with Gasteiger partial charge in [-0.15, -0.1) is 0 Å². The molecule has 0 amide bonds. The molecular weight excluding hydrogens is 198 g/mol. The SMILES string of the molecule is CCCCCC(C)Nc1ccc(N)cc1N. The molecule has 3 nitrogen and oxygen atoms in total. The highest BCUT2D eigenvalue weighted by Crippen LogP contribution is 2.22. The average Bonchev–Trinajstić information content (AvgIpc) is 2.23. The van der Waals surface area contributed by atoms with Crippen molar-refractivity contribution < 1.29 is 0 Å². The number of anilines is 3. The van der Waals surface area contributed by atoms with Crippen LogP contribution in [0.3, 0.4) is 0 Å². The summed E-state index contributed by atoms with van der Waals surface area (Å²) in [6.07, 6.45) is 5.00. The van der Waals surface area contributed by atoms with Crippen LogP contribution in [0.4, 0.5) is 17.1 Å². The maximum atomic E-state index is 5.88. The van der Waals surface area contributed by atoms with E-state index < -0.39 is 0 Å². The Kier molecular flexibility index (Phi) is 4.96. The number of benzene rings is 1. The molecular formula is C13H23N3. The van der Waals surface area contributed by atoms with Gasteiger partial charge in [-0.1, -0.05) is 26.2 Å². The summed E-state index contributed by atoms with van der Waals surface area (Å²) in [5.74, 6) is 0. The van der Waals surface area contributed by atoms with Gasteiger partial charge in [-0.3, -0.25) is 0 Å². The molecule has 0 aliphatic rings. The standard InChI is InChI=1S/C13H23N3/c1-3-4-5-6-10(2)16-13-8-7-11(14)9-12(13)15/h7-10,16H,3-6,14-15H2,1-2H3. The molecule has 0 aromatic heterocycles. The van der Waals surface area contributed by atoms with Crippen molar-refractivity contribution in [1.82, 2.24) is 0 Å². The number of rotatable bonds is 6. The Labute approximate surface area is 98.2 Å². The Morgan fingerprint density at radius 1 is 1.25 bits per heavy atom. The number of hydrogen-bond donors (Lipinski definition) is 3. The number of hydrogen-bond acceptors (Lipinski definition) is 3. The van der Waals surface area contributed by atoms with Gasteiger partial charge in [-0.25, -0.2) is 0 Å². The van der Waals surface area contributed by atoms with Gasteiger partial charge < -0.3 is 16.8 Å². The summed E-state index contributed by atoms with van der Waals surface area (Å²) >= 11 is 0. The second-order valence-electron chi connectivity index (χ2n) is 4.39. The first-order chi connectivity index (χ1) is 7.63. The molecule has 0 spiro atoms. The van der Waals surface area contributed by atoms with Crippen LogP contribution in [0.1, 0.15) is 39.5 Å². The van der Waals surface area contributed by atoms with Gasteiger partial charge in [0.25, 0.3) is 0 Å². The molecule has 0 aliphatic heterocycles. The first-order valence-corrected chi connectivity index (χ1v) is 6.05. The lowest BCUT2D eigenvalue weighted by Crippen LogP contribution is -2.16. The molecule has 1 unspecified atom stereocenters. The minimum atomic E-state index is 0.456. The van der Waals surface area contributed by atoms with Crippen LogP contribution in [-0.4, -0.2) is 6.04 Å². The third-order valence-corrected chi connectivity index (χ3v) is 2.72. The summed E-state index contributed by atoms with van der Waals surface area (Å²) in [5.41, 5.74) is 13.9. The van der Waals surface area contributed by atoms with E-state index in [9.17, 15) is 0 Å². The van der Waals surface area contributed by atoms with Crippen molar-refractivity contribution >= 4 is 17.1 Å². The van der Waals surface area contributed by atoms with Crippen molar-refractivity contribution in [1.29, 1.82) is 0 Å². The fourth-order valence-corrected chi connectivity index (χ4v) is 1.75. The third kappa shape index (κ3) is 4.01. The van der Waals surface area contributed by atoms with Crippen molar-refractivity contribution in [2.75, 3.05) is 16.8 Å². The summed E-state index contributed by atoms with van der Waals surface area (Å²) in [7, 11) is 0. The highest BCUT2D eigenvalue weighted by Gasteiger charge is 2.04. The van der Waals surface area contributed by atoms with Gasteiger partial charge in [0.1, 0.15) is 0 Å². The van der Waals surface area contributed by atoms with E-state index in [-0.39, 0.29) is 0 Å². The summed E-state index contributed by atoms with van der Waals surface area (Å²) < 4.78 is 0. The van der Waals surface area contributed by atoms with Gasteiger partial charge in [0, 0.05) is 11.7 Å². The summed E-state index contributed by atoms with van der Waals surface area (Å²) in [6, 6.07) is 6.07. The average molecular weight is 221 g/mol. The van der Waals surface area contributed by atoms with E-state index in [1.165, 1.54) is 25.7 Å².